The Morgan fingerprint density at radius 3 is 2.54 bits per heavy atom. The normalized spacial score (nSPS) is 20.0. The van der Waals surface area contributed by atoms with E-state index in [0.717, 1.165) is 16.5 Å². The fraction of sp³-hybridized carbons (Fsp3) is 0.423. The third-order valence-corrected chi connectivity index (χ3v) is 6.52. The number of aromatic nitrogens is 2. The van der Waals surface area contributed by atoms with E-state index in [0.29, 0.717) is 26.1 Å². The third-order valence-electron chi connectivity index (χ3n) is 6.02. The van der Waals surface area contributed by atoms with Gasteiger partial charge in [0.2, 0.25) is 0 Å². The van der Waals surface area contributed by atoms with E-state index in [1.165, 1.54) is 5.39 Å². The summed E-state index contributed by atoms with van der Waals surface area (Å²) in [7, 11) is 0. The predicted molar refractivity (Wildman–Crippen MR) is 132 cm³/mol. The molecule has 0 amide bonds. The third kappa shape index (κ3) is 6.70. The number of nitrogens with zero attached hydrogens (tertiary/aromatic N) is 3. The molecule has 3 atom stereocenters. The lowest BCUT2D eigenvalue weighted by Gasteiger charge is -2.38. The molecule has 1 aliphatic heterocycles. The van der Waals surface area contributed by atoms with Gasteiger partial charge in [0.1, 0.15) is 5.82 Å². The van der Waals surface area contributed by atoms with Crippen molar-refractivity contribution in [3.8, 4) is 0 Å². The van der Waals surface area contributed by atoms with Gasteiger partial charge in [-0.1, -0.05) is 36.4 Å². The van der Waals surface area contributed by atoms with Crippen molar-refractivity contribution < 1.29 is 23.1 Å². The van der Waals surface area contributed by atoms with Crippen LogP contribution in [0.3, 0.4) is 0 Å². The van der Waals surface area contributed by atoms with Crippen molar-refractivity contribution >= 4 is 27.8 Å². The Labute approximate surface area is 207 Å². The SMILES string of the molecule is CC(C)(C)C(=O)ON1CCC(c2cnc(CS(=O)[O-])nc2)C(OCc2ccc3ccccc3c2)C1. The zero-order chi connectivity index (χ0) is 25.0. The number of benzene rings is 2. The summed E-state index contributed by atoms with van der Waals surface area (Å²) in [6.07, 6.45) is 3.74. The Bertz CT molecular complexity index is 1200. The summed E-state index contributed by atoms with van der Waals surface area (Å²) in [5.41, 5.74) is 1.32. The van der Waals surface area contributed by atoms with Gasteiger partial charge in [-0.15, -0.1) is 5.06 Å². The monoisotopic (exact) mass is 496 g/mol. The van der Waals surface area contributed by atoms with Crippen LogP contribution in [0.4, 0.5) is 0 Å². The summed E-state index contributed by atoms with van der Waals surface area (Å²) in [6, 6.07) is 14.4. The van der Waals surface area contributed by atoms with E-state index >= 15 is 0 Å². The minimum Gasteiger partial charge on any atom is -0.772 e. The maximum absolute atomic E-state index is 12.4. The molecule has 3 aromatic rings. The number of carbonyl (C=O) groups excluding carboxylic acids is 1. The number of fused-ring (bicyclic) bond motifs is 1. The Balaban J connectivity index is 1.51. The van der Waals surface area contributed by atoms with Gasteiger partial charge in [-0.25, -0.2) is 14.8 Å². The molecule has 1 aliphatic rings. The molecule has 1 fully saturated rings. The number of rotatable bonds is 7. The molecule has 1 aromatic heterocycles. The fourth-order valence-corrected chi connectivity index (χ4v) is 4.40. The van der Waals surface area contributed by atoms with Gasteiger partial charge in [-0.05, 0) is 66.2 Å². The average molecular weight is 497 g/mol. The van der Waals surface area contributed by atoms with Crippen molar-refractivity contribution in [3.05, 3.63) is 71.8 Å². The van der Waals surface area contributed by atoms with Crippen LogP contribution >= 0.6 is 0 Å². The summed E-state index contributed by atoms with van der Waals surface area (Å²) in [6.45, 7) is 6.83. The largest absolute Gasteiger partial charge is 0.772 e. The highest BCUT2D eigenvalue weighted by molar-refractivity contribution is 7.78. The van der Waals surface area contributed by atoms with Crippen LogP contribution in [0.25, 0.3) is 10.8 Å². The zero-order valence-electron chi connectivity index (χ0n) is 20.2. The number of hydroxylamine groups is 2. The molecule has 0 spiro atoms. The molecule has 3 unspecified atom stereocenters. The first kappa shape index (κ1) is 25.4. The molecule has 0 bridgehead atoms. The van der Waals surface area contributed by atoms with Crippen LogP contribution in [0.5, 0.6) is 0 Å². The van der Waals surface area contributed by atoms with Crippen LogP contribution < -0.4 is 0 Å². The van der Waals surface area contributed by atoms with Crippen molar-refractivity contribution in [3.63, 3.8) is 0 Å². The number of ether oxygens (including phenoxy) is 1. The van der Waals surface area contributed by atoms with Crippen LogP contribution in [0.15, 0.2) is 54.9 Å². The van der Waals surface area contributed by atoms with Gasteiger partial charge in [-0.2, -0.15) is 0 Å². The highest BCUT2D eigenvalue weighted by Gasteiger charge is 2.35. The molecule has 0 N–H and O–H groups in total. The second kappa shape index (κ2) is 10.9. The van der Waals surface area contributed by atoms with Gasteiger partial charge < -0.3 is 14.1 Å². The smallest absolute Gasteiger partial charge is 0.330 e. The molecule has 2 aromatic carbocycles. The summed E-state index contributed by atoms with van der Waals surface area (Å²) in [5, 5.41) is 3.99. The molecule has 9 heteroatoms. The number of piperidine rings is 1. The lowest BCUT2D eigenvalue weighted by molar-refractivity contribution is -0.216. The van der Waals surface area contributed by atoms with Gasteiger partial charge in [0.05, 0.1) is 30.4 Å². The van der Waals surface area contributed by atoms with Gasteiger partial charge in [0, 0.05) is 24.9 Å². The van der Waals surface area contributed by atoms with E-state index in [2.05, 4.69) is 40.3 Å². The van der Waals surface area contributed by atoms with Crippen molar-refractivity contribution in [2.45, 2.75) is 51.6 Å². The molecule has 0 radical (unpaired) electrons. The Kier molecular flexibility index (Phi) is 7.91. The first-order valence-electron chi connectivity index (χ1n) is 11.6. The topological polar surface area (TPSA) is 105 Å². The van der Waals surface area contributed by atoms with Crippen LogP contribution in [0, 0.1) is 5.41 Å². The maximum atomic E-state index is 12.4. The molecular formula is C26H30N3O5S-. The van der Waals surface area contributed by atoms with Crippen LogP contribution in [0.1, 0.15) is 50.1 Å². The number of hydrogen-bond acceptors (Lipinski definition) is 8. The molecule has 0 aliphatic carbocycles. The average Bonchev–Trinajstić information content (AvgIpc) is 2.82. The van der Waals surface area contributed by atoms with Crippen molar-refractivity contribution in [1.29, 1.82) is 0 Å². The van der Waals surface area contributed by atoms with Crippen molar-refractivity contribution in [1.82, 2.24) is 15.0 Å². The van der Waals surface area contributed by atoms with E-state index in [4.69, 9.17) is 9.57 Å². The highest BCUT2D eigenvalue weighted by Crippen LogP contribution is 2.31. The van der Waals surface area contributed by atoms with E-state index < -0.39 is 16.5 Å². The van der Waals surface area contributed by atoms with E-state index in [-0.39, 0.29) is 29.6 Å². The van der Waals surface area contributed by atoms with E-state index in [1.807, 2.05) is 32.9 Å². The summed E-state index contributed by atoms with van der Waals surface area (Å²) < 4.78 is 28.3. The van der Waals surface area contributed by atoms with Crippen molar-refractivity contribution in [2.75, 3.05) is 13.1 Å². The molecule has 4 rings (SSSR count). The summed E-state index contributed by atoms with van der Waals surface area (Å²) in [4.78, 5) is 26.5. The molecule has 2 heterocycles. The van der Waals surface area contributed by atoms with E-state index in [1.54, 1.807) is 17.5 Å². The fourth-order valence-electron chi connectivity index (χ4n) is 4.04. The molecule has 8 nitrogen and oxygen atoms in total. The van der Waals surface area contributed by atoms with Gasteiger partial charge in [-0.3, -0.25) is 4.21 Å². The summed E-state index contributed by atoms with van der Waals surface area (Å²) >= 11 is -2.24. The molecule has 35 heavy (non-hydrogen) atoms. The maximum Gasteiger partial charge on any atom is 0.330 e. The Morgan fingerprint density at radius 2 is 1.86 bits per heavy atom. The van der Waals surface area contributed by atoms with Gasteiger partial charge in [0.15, 0.2) is 0 Å². The molecule has 0 saturated carbocycles. The van der Waals surface area contributed by atoms with E-state index in [9.17, 15) is 13.6 Å². The first-order valence-corrected chi connectivity index (χ1v) is 12.9. The zero-order valence-corrected chi connectivity index (χ0v) is 21.0. The summed E-state index contributed by atoms with van der Waals surface area (Å²) in [5.74, 6) is -0.273. The molecular weight excluding hydrogens is 466 g/mol. The second-order valence-electron chi connectivity index (χ2n) is 9.82. The Morgan fingerprint density at radius 1 is 1.14 bits per heavy atom. The predicted octanol–water partition coefficient (Wildman–Crippen LogP) is 3.89. The van der Waals surface area contributed by atoms with Crippen LogP contribution in [0.2, 0.25) is 0 Å². The minimum atomic E-state index is -2.24. The Hall–Kier alpha value is -2.72. The molecule has 1 saturated heterocycles. The first-order chi connectivity index (χ1) is 16.7. The standard InChI is InChI=1S/C26H31N3O5S/c1-26(2,3)25(30)34-29-11-10-22(21-13-27-24(28-14-21)17-35(31)32)23(15-29)33-16-18-8-9-19-6-4-5-7-20(19)12-18/h4-9,12-14,22-23H,10-11,15-17H2,1-3H3,(H,31,32)/p-1. The molecule has 186 valence electrons. The van der Waals surface area contributed by atoms with Crippen molar-refractivity contribution in [2.24, 2.45) is 5.41 Å². The van der Waals surface area contributed by atoms with Crippen LogP contribution in [-0.4, -0.2) is 49.0 Å². The quantitative estimate of drug-likeness (QED) is 0.454. The number of hydrogen-bond donors (Lipinski definition) is 0. The lowest BCUT2D eigenvalue weighted by Crippen LogP contribution is -2.46. The lowest BCUT2D eigenvalue weighted by atomic mass is 9.89. The second-order valence-corrected chi connectivity index (χ2v) is 10.7. The van der Waals surface area contributed by atoms with Gasteiger partial charge >= 0.3 is 5.97 Å². The number of carbonyl (C=O) groups is 1. The van der Waals surface area contributed by atoms with Crippen LogP contribution in [-0.2, 0) is 37.8 Å². The minimum absolute atomic E-state index is 0.0214. The highest BCUT2D eigenvalue weighted by atomic mass is 32.2. The van der Waals surface area contributed by atoms with Gasteiger partial charge in [0.25, 0.3) is 0 Å².